The molecule has 1 aromatic carbocycles. The minimum Gasteiger partial charge on any atom is -0.490 e. The molecule has 8 heteroatoms. The van der Waals surface area contributed by atoms with Crippen molar-refractivity contribution in [2.24, 2.45) is 0 Å². The molecule has 0 bridgehead atoms. The molecule has 0 fully saturated rings. The lowest BCUT2D eigenvalue weighted by atomic mass is 10.2. The summed E-state index contributed by atoms with van der Waals surface area (Å²) in [6, 6.07) is 9.62. The monoisotopic (exact) mass is 413 g/mol. The molecule has 0 aliphatic carbocycles. The molecule has 0 radical (unpaired) electrons. The van der Waals surface area contributed by atoms with Crippen molar-refractivity contribution in [3.05, 3.63) is 66.5 Å². The number of aromatic nitrogens is 2. The molecule has 0 amide bonds. The van der Waals surface area contributed by atoms with E-state index in [4.69, 9.17) is 14.6 Å². The Morgan fingerprint density at radius 2 is 2.00 bits per heavy atom. The number of carbonyl (C=O) groups is 2. The van der Waals surface area contributed by atoms with Crippen LogP contribution < -0.4 is 10.1 Å². The highest BCUT2D eigenvalue weighted by Gasteiger charge is 2.15. The lowest BCUT2D eigenvalue weighted by molar-refractivity contribution is -0.144. The number of nitrogens with zero attached hydrogens (tertiary/aromatic N) is 2. The number of hydrogen-bond donors (Lipinski definition) is 2. The van der Waals surface area contributed by atoms with Crippen molar-refractivity contribution in [1.82, 2.24) is 15.1 Å². The summed E-state index contributed by atoms with van der Waals surface area (Å²) in [6.45, 7) is 5.17. The molecule has 1 aromatic heterocycles. The van der Waals surface area contributed by atoms with Gasteiger partial charge in [0.15, 0.2) is 0 Å². The summed E-state index contributed by atoms with van der Waals surface area (Å²) in [6.07, 6.45) is 8.72. The molecule has 0 spiro atoms. The quantitative estimate of drug-likeness (QED) is 0.407. The van der Waals surface area contributed by atoms with Gasteiger partial charge in [-0.3, -0.25) is 4.68 Å². The van der Waals surface area contributed by atoms with Crippen LogP contribution >= 0.6 is 0 Å². The maximum atomic E-state index is 11.8. The van der Waals surface area contributed by atoms with Gasteiger partial charge in [0.05, 0.1) is 6.54 Å². The molecule has 0 saturated heterocycles. The molecule has 0 saturated carbocycles. The standard InChI is InChI=1S/C22H27N3O5/c1-17(2)23-15-20(30-22(28)11-10-21(26)27)16-29-19-8-6-18(7-9-19)5-3-13-25-14-4-12-24-25/h3-12,14,17,20,23H,13,15-16H2,1-2H3,(H,26,27)/b5-3+,11-10-. The van der Waals surface area contributed by atoms with Gasteiger partial charge in [-0.05, 0) is 23.8 Å². The molecule has 0 aliphatic rings. The number of carboxylic acids is 1. The summed E-state index contributed by atoms with van der Waals surface area (Å²) >= 11 is 0. The van der Waals surface area contributed by atoms with E-state index in [0.29, 0.717) is 18.8 Å². The van der Waals surface area contributed by atoms with Gasteiger partial charge >= 0.3 is 11.9 Å². The number of carbonyl (C=O) groups excluding carboxylic acids is 1. The molecule has 160 valence electrons. The second-order valence-corrected chi connectivity index (χ2v) is 6.80. The van der Waals surface area contributed by atoms with Crippen molar-refractivity contribution in [2.75, 3.05) is 13.2 Å². The van der Waals surface area contributed by atoms with Gasteiger partial charge in [-0.2, -0.15) is 5.10 Å². The highest BCUT2D eigenvalue weighted by Crippen LogP contribution is 2.14. The predicted octanol–water partition coefficient (Wildman–Crippen LogP) is 2.53. The fraction of sp³-hybridized carbons (Fsp3) is 0.318. The van der Waals surface area contributed by atoms with Crippen LogP contribution in [0.25, 0.3) is 6.08 Å². The van der Waals surface area contributed by atoms with E-state index >= 15 is 0 Å². The first kappa shape index (κ1) is 22.9. The van der Waals surface area contributed by atoms with Crippen molar-refractivity contribution in [3.63, 3.8) is 0 Å². The van der Waals surface area contributed by atoms with Crippen molar-refractivity contribution < 1.29 is 24.2 Å². The van der Waals surface area contributed by atoms with Gasteiger partial charge in [0, 0.05) is 37.1 Å². The van der Waals surface area contributed by atoms with Crippen LogP contribution in [0.15, 0.2) is 61.0 Å². The maximum Gasteiger partial charge on any atom is 0.331 e. The third-order valence-electron chi connectivity index (χ3n) is 3.88. The van der Waals surface area contributed by atoms with Crippen LogP contribution in [0.1, 0.15) is 19.4 Å². The fourth-order valence-corrected chi connectivity index (χ4v) is 2.41. The zero-order valence-corrected chi connectivity index (χ0v) is 17.1. The summed E-state index contributed by atoms with van der Waals surface area (Å²) in [5.41, 5.74) is 1.03. The largest absolute Gasteiger partial charge is 0.490 e. The number of benzene rings is 1. The molecule has 8 nitrogen and oxygen atoms in total. The summed E-state index contributed by atoms with van der Waals surface area (Å²) < 4.78 is 12.9. The van der Waals surface area contributed by atoms with E-state index in [1.807, 2.05) is 67.2 Å². The minimum atomic E-state index is -1.21. The van der Waals surface area contributed by atoms with Gasteiger partial charge in [-0.1, -0.05) is 38.1 Å². The molecule has 2 N–H and O–H groups in total. The number of hydrogen-bond acceptors (Lipinski definition) is 6. The number of carboxylic acid groups (broad SMARTS) is 1. The van der Waals surface area contributed by atoms with E-state index in [-0.39, 0.29) is 12.6 Å². The zero-order valence-electron chi connectivity index (χ0n) is 17.1. The van der Waals surface area contributed by atoms with E-state index in [0.717, 1.165) is 17.7 Å². The summed E-state index contributed by atoms with van der Waals surface area (Å²) in [5.74, 6) is -1.29. The van der Waals surface area contributed by atoms with Crippen molar-refractivity contribution >= 4 is 18.0 Å². The van der Waals surface area contributed by atoms with Crippen molar-refractivity contribution in [2.45, 2.75) is 32.5 Å². The Morgan fingerprint density at radius 1 is 1.23 bits per heavy atom. The third kappa shape index (κ3) is 9.20. The van der Waals surface area contributed by atoms with E-state index in [1.165, 1.54) is 0 Å². The number of rotatable bonds is 12. The molecule has 1 heterocycles. The van der Waals surface area contributed by atoms with Crippen LogP contribution in [-0.4, -0.2) is 52.1 Å². The Morgan fingerprint density at radius 3 is 2.63 bits per heavy atom. The highest BCUT2D eigenvalue weighted by atomic mass is 16.6. The van der Waals surface area contributed by atoms with Gasteiger partial charge in [-0.25, -0.2) is 9.59 Å². The molecular formula is C22H27N3O5. The average Bonchev–Trinajstić information content (AvgIpc) is 3.23. The van der Waals surface area contributed by atoms with Gasteiger partial charge in [0.25, 0.3) is 0 Å². The fourth-order valence-electron chi connectivity index (χ4n) is 2.41. The lowest BCUT2D eigenvalue weighted by Gasteiger charge is -2.19. The topological polar surface area (TPSA) is 103 Å². The van der Waals surface area contributed by atoms with E-state index in [9.17, 15) is 9.59 Å². The van der Waals surface area contributed by atoms with Crippen LogP contribution in [-0.2, 0) is 20.9 Å². The smallest absolute Gasteiger partial charge is 0.331 e. The van der Waals surface area contributed by atoms with Crippen molar-refractivity contribution in [1.29, 1.82) is 0 Å². The molecule has 1 atom stereocenters. The minimum absolute atomic E-state index is 0.140. The second-order valence-electron chi connectivity index (χ2n) is 6.80. The number of esters is 1. The van der Waals surface area contributed by atoms with Gasteiger partial charge in [0.2, 0.25) is 0 Å². The first-order chi connectivity index (χ1) is 14.4. The van der Waals surface area contributed by atoms with Crippen LogP contribution in [0.4, 0.5) is 0 Å². The Balaban J connectivity index is 1.87. The molecule has 2 aromatic rings. The lowest BCUT2D eigenvalue weighted by Crippen LogP contribution is -2.38. The molecule has 30 heavy (non-hydrogen) atoms. The van der Waals surface area contributed by atoms with Crippen LogP contribution in [0.2, 0.25) is 0 Å². The maximum absolute atomic E-state index is 11.8. The van der Waals surface area contributed by atoms with Gasteiger partial charge in [-0.15, -0.1) is 0 Å². The van der Waals surface area contributed by atoms with Crippen molar-refractivity contribution in [3.8, 4) is 5.75 Å². The summed E-state index contributed by atoms with van der Waals surface area (Å²) in [7, 11) is 0. The van der Waals surface area contributed by atoms with Gasteiger partial charge < -0.3 is 19.9 Å². The molecule has 1 unspecified atom stereocenters. The van der Waals surface area contributed by atoms with E-state index in [2.05, 4.69) is 10.4 Å². The van der Waals surface area contributed by atoms with E-state index in [1.54, 1.807) is 6.20 Å². The van der Waals surface area contributed by atoms with Crippen LogP contribution in [0, 0.1) is 0 Å². The number of nitrogens with one attached hydrogen (secondary N) is 1. The van der Waals surface area contributed by atoms with Crippen LogP contribution in [0.3, 0.4) is 0 Å². The second kappa shape index (κ2) is 12.2. The third-order valence-corrected chi connectivity index (χ3v) is 3.88. The Labute approximate surface area is 175 Å². The first-order valence-corrected chi connectivity index (χ1v) is 9.64. The zero-order chi connectivity index (χ0) is 21.8. The normalized spacial score (nSPS) is 12.5. The SMILES string of the molecule is CC(C)NCC(COc1ccc(/C=C/Cn2cccn2)cc1)OC(=O)/C=C\C(=O)O. The molecule has 0 aliphatic heterocycles. The average molecular weight is 413 g/mol. The first-order valence-electron chi connectivity index (χ1n) is 9.64. The highest BCUT2D eigenvalue weighted by molar-refractivity contribution is 5.90. The Bertz CT molecular complexity index is 842. The number of ether oxygens (including phenoxy) is 2. The summed E-state index contributed by atoms with van der Waals surface area (Å²) in [5, 5.41) is 15.9. The Kier molecular flexibility index (Phi) is 9.33. The Hall–Kier alpha value is -3.39. The predicted molar refractivity (Wildman–Crippen MR) is 113 cm³/mol. The molecular weight excluding hydrogens is 386 g/mol. The van der Waals surface area contributed by atoms with E-state index < -0.39 is 18.0 Å². The molecule has 2 rings (SSSR count). The number of allylic oxidation sites excluding steroid dienone is 1. The number of aliphatic carboxylic acids is 1. The van der Waals surface area contributed by atoms with Crippen LogP contribution in [0.5, 0.6) is 5.75 Å². The van der Waals surface area contributed by atoms with Gasteiger partial charge in [0.1, 0.15) is 18.5 Å². The summed E-state index contributed by atoms with van der Waals surface area (Å²) in [4.78, 5) is 22.3.